The number of hydrogen-bond donors (Lipinski definition) is 0. The van der Waals surface area contributed by atoms with Gasteiger partial charge in [0.25, 0.3) is 0 Å². The molecule has 1 saturated heterocycles. The molecule has 1 aliphatic rings. The van der Waals surface area contributed by atoms with E-state index < -0.39 is 0 Å². The Morgan fingerprint density at radius 3 is 2.61 bits per heavy atom. The van der Waals surface area contributed by atoms with Crippen LogP contribution in [0.3, 0.4) is 0 Å². The largest absolute Gasteiger partial charge is 0.338 e. The molecule has 1 atom stereocenters. The molecule has 4 heterocycles. The Balaban J connectivity index is 1.43. The lowest BCUT2D eigenvalue weighted by Gasteiger charge is -2.21. The molecule has 2 aromatic carbocycles. The highest BCUT2D eigenvalue weighted by Crippen LogP contribution is 2.29. The minimum atomic E-state index is -0.205. The number of fused-ring (bicyclic) bond motifs is 2. The number of hydrogen-bond acceptors (Lipinski definition) is 4. The third kappa shape index (κ3) is 3.44. The molecule has 0 radical (unpaired) electrons. The van der Waals surface area contributed by atoms with Crippen molar-refractivity contribution in [2.45, 2.75) is 39.3 Å². The molecular formula is C28H28N6O2. The summed E-state index contributed by atoms with van der Waals surface area (Å²) < 4.78 is 5.14. The zero-order valence-corrected chi connectivity index (χ0v) is 20.7. The first-order valence-corrected chi connectivity index (χ1v) is 12.3. The first-order valence-electron chi connectivity index (χ1n) is 12.3. The van der Waals surface area contributed by atoms with Crippen LogP contribution in [0.2, 0.25) is 0 Å². The number of imidazole rings is 1. The van der Waals surface area contributed by atoms with Gasteiger partial charge in [-0.2, -0.15) is 5.10 Å². The molecule has 0 aliphatic carbocycles. The number of carbonyl (C=O) groups is 1. The molecule has 0 unspecified atom stereocenters. The number of rotatable bonds is 4. The zero-order valence-electron chi connectivity index (χ0n) is 20.7. The number of benzene rings is 2. The fourth-order valence-electron chi connectivity index (χ4n) is 5.47. The van der Waals surface area contributed by atoms with Gasteiger partial charge in [-0.3, -0.25) is 23.6 Å². The van der Waals surface area contributed by atoms with Gasteiger partial charge >= 0.3 is 5.69 Å². The summed E-state index contributed by atoms with van der Waals surface area (Å²) in [6.07, 6.45) is 7.52. The fraction of sp³-hybridized carbons (Fsp3) is 0.286. The zero-order chi connectivity index (χ0) is 25.0. The van der Waals surface area contributed by atoms with E-state index in [1.54, 1.807) is 9.13 Å². The van der Waals surface area contributed by atoms with Gasteiger partial charge in [-0.25, -0.2) is 4.79 Å². The second kappa shape index (κ2) is 8.48. The van der Waals surface area contributed by atoms with E-state index in [2.05, 4.69) is 17.0 Å². The standard InChI is InChI=1S/C28H28N6O2/c1-18-6-4-8-24-27(18)34(28(36)33(24)17-26(35)32-13-5-7-19(32)2)21-11-9-20(10-12-21)22-14-29-16-25-23(22)15-30-31(25)3/h4,6,8-12,14-16,19H,5,7,13,17H2,1-3H3/t19-/m1/s1. The molecule has 0 bridgehead atoms. The van der Waals surface area contributed by atoms with Crippen molar-refractivity contribution in [3.8, 4) is 16.8 Å². The van der Waals surface area contributed by atoms with Crippen molar-refractivity contribution in [3.63, 3.8) is 0 Å². The van der Waals surface area contributed by atoms with Crippen molar-refractivity contribution < 1.29 is 4.79 Å². The fourth-order valence-corrected chi connectivity index (χ4v) is 5.47. The van der Waals surface area contributed by atoms with Crippen LogP contribution >= 0.6 is 0 Å². The smallest absolute Gasteiger partial charge is 0.334 e. The van der Waals surface area contributed by atoms with Gasteiger partial charge in [0.1, 0.15) is 6.54 Å². The number of amides is 1. The van der Waals surface area contributed by atoms with Gasteiger partial charge in [0.2, 0.25) is 5.91 Å². The summed E-state index contributed by atoms with van der Waals surface area (Å²) in [6, 6.07) is 14.0. The monoisotopic (exact) mass is 480 g/mol. The molecule has 182 valence electrons. The van der Waals surface area contributed by atoms with E-state index >= 15 is 0 Å². The second-order valence-corrected chi connectivity index (χ2v) is 9.66. The highest BCUT2D eigenvalue weighted by Gasteiger charge is 2.27. The summed E-state index contributed by atoms with van der Waals surface area (Å²) in [7, 11) is 1.90. The normalized spacial score (nSPS) is 15.9. The topological polar surface area (TPSA) is 78.0 Å². The van der Waals surface area contributed by atoms with E-state index in [1.807, 2.05) is 84.6 Å². The minimum absolute atomic E-state index is 0.00457. The van der Waals surface area contributed by atoms with E-state index in [4.69, 9.17) is 0 Å². The summed E-state index contributed by atoms with van der Waals surface area (Å²) in [5.74, 6) is -0.00457. The van der Waals surface area contributed by atoms with Gasteiger partial charge in [0, 0.05) is 36.8 Å². The molecule has 0 spiro atoms. The lowest BCUT2D eigenvalue weighted by atomic mass is 10.0. The van der Waals surface area contributed by atoms with E-state index in [0.717, 1.165) is 63.7 Å². The third-order valence-corrected chi connectivity index (χ3v) is 7.43. The Morgan fingerprint density at radius 2 is 1.86 bits per heavy atom. The predicted molar refractivity (Wildman–Crippen MR) is 140 cm³/mol. The van der Waals surface area contributed by atoms with Crippen LogP contribution in [-0.2, 0) is 18.4 Å². The maximum atomic E-state index is 13.7. The van der Waals surface area contributed by atoms with E-state index in [1.165, 1.54) is 0 Å². The second-order valence-electron chi connectivity index (χ2n) is 9.66. The Labute approximate surface area is 208 Å². The number of pyridine rings is 1. The Bertz CT molecular complexity index is 1670. The molecule has 8 nitrogen and oxygen atoms in total. The third-order valence-electron chi connectivity index (χ3n) is 7.43. The minimum Gasteiger partial charge on any atom is -0.338 e. The molecule has 0 saturated carbocycles. The van der Waals surface area contributed by atoms with Gasteiger partial charge < -0.3 is 4.90 Å². The summed E-state index contributed by atoms with van der Waals surface area (Å²) in [6.45, 7) is 4.87. The number of aromatic nitrogens is 5. The van der Waals surface area contributed by atoms with Crippen LogP contribution in [-0.4, -0.2) is 47.3 Å². The van der Waals surface area contributed by atoms with Crippen molar-refractivity contribution in [2.24, 2.45) is 7.05 Å². The van der Waals surface area contributed by atoms with Crippen molar-refractivity contribution in [3.05, 3.63) is 77.1 Å². The van der Waals surface area contributed by atoms with Crippen LogP contribution in [0, 0.1) is 6.92 Å². The molecule has 1 fully saturated rings. The van der Waals surface area contributed by atoms with Gasteiger partial charge in [0.15, 0.2) is 0 Å². The van der Waals surface area contributed by atoms with Crippen molar-refractivity contribution >= 4 is 27.8 Å². The van der Waals surface area contributed by atoms with E-state index in [0.29, 0.717) is 0 Å². The van der Waals surface area contributed by atoms with E-state index in [-0.39, 0.29) is 24.2 Å². The summed E-state index contributed by atoms with van der Waals surface area (Å²) in [4.78, 5) is 33.1. The summed E-state index contributed by atoms with van der Waals surface area (Å²) in [5, 5.41) is 5.39. The molecule has 36 heavy (non-hydrogen) atoms. The van der Waals surface area contributed by atoms with Crippen molar-refractivity contribution in [2.75, 3.05) is 6.54 Å². The molecule has 0 N–H and O–H groups in total. The number of likely N-dealkylation sites (tertiary alicyclic amines) is 1. The van der Waals surface area contributed by atoms with Gasteiger partial charge in [-0.15, -0.1) is 0 Å². The number of para-hydroxylation sites is 1. The maximum Gasteiger partial charge on any atom is 0.334 e. The van der Waals surface area contributed by atoms with Gasteiger partial charge in [0.05, 0.1) is 34.6 Å². The Hall–Kier alpha value is -4.20. The Morgan fingerprint density at radius 1 is 1.06 bits per heavy atom. The first kappa shape index (κ1) is 22.3. The van der Waals surface area contributed by atoms with Crippen LogP contribution in [0.4, 0.5) is 0 Å². The highest BCUT2D eigenvalue weighted by atomic mass is 16.2. The molecule has 8 heteroatoms. The SMILES string of the molecule is Cc1cccc2c1n(-c1ccc(-c3cncc4c3cnn4C)cc1)c(=O)n2CC(=O)N1CCC[C@H]1C. The summed E-state index contributed by atoms with van der Waals surface area (Å²) in [5.41, 5.74) is 6.09. The average Bonchev–Trinajstić information content (AvgIpc) is 3.56. The van der Waals surface area contributed by atoms with E-state index in [9.17, 15) is 9.59 Å². The molecule has 1 amide bonds. The summed E-state index contributed by atoms with van der Waals surface area (Å²) >= 11 is 0. The Kier molecular flexibility index (Phi) is 5.25. The molecule has 3 aromatic heterocycles. The molecule has 6 rings (SSSR count). The quantitative estimate of drug-likeness (QED) is 0.389. The lowest BCUT2D eigenvalue weighted by molar-refractivity contribution is -0.132. The number of nitrogens with zero attached hydrogens (tertiary/aromatic N) is 6. The molecule has 5 aromatic rings. The van der Waals surface area contributed by atoms with Crippen molar-refractivity contribution in [1.29, 1.82) is 0 Å². The average molecular weight is 481 g/mol. The first-order chi connectivity index (χ1) is 17.4. The van der Waals surface area contributed by atoms with Crippen molar-refractivity contribution in [1.82, 2.24) is 28.8 Å². The van der Waals surface area contributed by atoms with Gasteiger partial charge in [-0.05, 0) is 56.0 Å². The van der Waals surface area contributed by atoms with Crippen LogP contribution in [0.15, 0.2) is 65.8 Å². The highest BCUT2D eigenvalue weighted by molar-refractivity contribution is 5.94. The maximum absolute atomic E-state index is 13.7. The molecular weight excluding hydrogens is 452 g/mol. The van der Waals surface area contributed by atoms with Gasteiger partial charge in [-0.1, -0.05) is 24.3 Å². The lowest BCUT2D eigenvalue weighted by Crippen LogP contribution is -2.38. The number of carbonyl (C=O) groups excluding carboxylic acids is 1. The van der Waals surface area contributed by atoms with Crippen LogP contribution in [0.5, 0.6) is 0 Å². The van der Waals surface area contributed by atoms with Crippen LogP contribution < -0.4 is 5.69 Å². The predicted octanol–water partition coefficient (Wildman–Crippen LogP) is 4.06. The number of aryl methyl sites for hydroxylation is 2. The van der Waals surface area contributed by atoms with Crippen LogP contribution in [0.1, 0.15) is 25.3 Å². The van der Waals surface area contributed by atoms with Crippen LogP contribution in [0.25, 0.3) is 38.8 Å². The molecule has 1 aliphatic heterocycles.